The number of rotatable bonds is 7. The highest BCUT2D eigenvalue weighted by Gasteiger charge is 2.24. The molecule has 32 heavy (non-hydrogen) atoms. The van der Waals surface area contributed by atoms with Crippen molar-refractivity contribution in [2.45, 2.75) is 6.54 Å². The first kappa shape index (κ1) is 21.4. The minimum Gasteiger partial charge on any atom is -0.477 e. The van der Waals surface area contributed by atoms with Crippen molar-refractivity contribution in [3.05, 3.63) is 82.8 Å². The van der Waals surface area contributed by atoms with Gasteiger partial charge in [0.05, 0.1) is 12.8 Å². The summed E-state index contributed by atoms with van der Waals surface area (Å²) in [5.74, 6) is 0.297. The van der Waals surface area contributed by atoms with Crippen LogP contribution < -0.4 is 15.5 Å². The Balaban J connectivity index is 1.25. The molecule has 0 spiro atoms. The summed E-state index contributed by atoms with van der Waals surface area (Å²) in [6, 6.07) is 13.7. The number of ether oxygens (including phenoxy) is 1. The first-order chi connectivity index (χ1) is 15.6. The molecule has 4 rings (SSSR count). The third kappa shape index (κ3) is 5.44. The Morgan fingerprint density at radius 3 is 2.47 bits per heavy atom. The monoisotopic (exact) mass is 437 g/mol. The summed E-state index contributed by atoms with van der Waals surface area (Å²) in [5.41, 5.74) is 0.292. The minimum absolute atomic E-state index is 0.0224. The lowest BCUT2D eigenvalue weighted by atomic mass is 10.2. The molecular weight excluding hydrogens is 414 g/mol. The van der Waals surface area contributed by atoms with Crippen LogP contribution in [0.1, 0.15) is 16.3 Å². The maximum absolute atomic E-state index is 12.3. The average Bonchev–Trinajstić information content (AvgIpc) is 3.34. The van der Waals surface area contributed by atoms with E-state index < -0.39 is 0 Å². The number of hydrogen-bond acceptors (Lipinski definition) is 7. The summed E-state index contributed by atoms with van der Waals surface area (Å²) in [6.45, 7) is 2.54. The van der Waals surface area contributed by atoms with Gasteiger partial charge < -0.3 is 23.8 Å². The minimum atomic E-state index is -0.373. The smallest absolute Gasteiger partial charge is 0.289 e. The van der Waals surface area contributed by atoms with E-state index >= 15 is 0 Å². The number of benzene rings is 1. The zero-order valence-corrected chi connectivity index (χ0v) is 17.4. The average molecular weight is 437 g/mol. The lowest BCUT2D eigenvalue weighted by molar-refractivity contribution is -0.118. The maximum atomic E-state index is 12.3. The van der Waals surface area contributed by atoms with E-state index in [1.165, 1.54) is 18.6 Å². The summed E-state index contributed by atoms with van der Waals surface area (Å²) in [5, 5.41) is 2.68. The molecule has 3 heterocycles. The quantitative estimate of drug-likeness (QED) is 0.604. The molecule has 1 N–H and O–H groups in total. The number of furan rings is 1. The molecule has 0 unspecified atom stereocenters. The second kappa shape index (κ2) is 9.97. The normalized spacial score (nSPS) is 14.2. The summed E-state index contributed by atoms with van der Waals surface area (Å²) in [4.78, 5) is 40.5. The molecule has 2 amide bonds. The van der Waals surface area contributed by atoms with E-state index in [4.69, 9.17) is 13.6 Å². The standard InChI is InChI=1S/C23H23N3O6/c27-19-13-18(14-25-8-10-26(11-9-25)23(29)20-7-4-12-30-20)31-15-21(19)32-16-22(28)24-17-5-2-1-3-6-17/h1-7,12-13,15H,8-11,14,16H2,(H,24,28). The predicted octanol–water partition coefficient (Wildman–Crippen LogP) is 2.21. The first-order valence-electron chi connectivity index (χ1n) is 10.2. The van der Waals surface area contributed by atoms with Gasteiger partial charge in [-0.2, -0.15) is 0 Å². The predicted molar refractivity (Wildman–Crippen MR) is 115 cm³/mol. The summed E-state index contributed by atoms with van der Waals surface area (Å²) < 4.78 is 16.0. The number of hydrogen-bond donors (Lipinski definition) is 1. The van der Waals surface area contributed by atoms with E-state index in [9.17, 15) is 14.4 Å². The number of nitrogens with zero attached hydrogens (tertiary/aromatic N) is 2. The second-order valence-electron chi connectivity index (χ2n) is 7.32. The highest BCUT2D eigenvalue weighted by molar-refractivity contribution is 5.92. The third-order valence-electron chi connectivity index (χ3n) is 5.04. The first-order valence-corrected chi connectivity index (χ1v) is 10.2. The van der Waals surface area contributed by atoms with Crippen LogP contribution in [-0.2, 0) is 11.3 Å². The highest BCUT2D eigenvalue weighted by atomic mass is 16.5. The van der Waals surface area contributed by atoms with Gasteiger partial charge in [-0.3, -0.25) is 19.3 Å². The molecule has 0 bridgehead atoms. The van der Waals surface area contributed by atoms with Crippen LogP contribution in [0.2, 0.25) is 0 Å². The van der Waals surface area contributed by atoms with E-state index in [2.05, 4.69) is 10.2 Å². The van der Waals surface area contributed by atoms with Crippen molar-refractivity contribution in [3.8, 4) is 5.75 Å². The van der Waals surface area contributed by atoms with E-state index in [1.54, 1.807) is 41.3 Å². The number of carbonyl (C=O) groups excluding carboxylic acids is 2. The largest absolute Gasteiger partial charge is 0.477 e. The summed E-state index contributed by atoms with van der Waals surface area (Å²) >= 11 is 0. The lowest BCUT2D eigenvalue weighted by Crippen LogP contribution is -2.48. The molecule has 166 valence electrons. The van der Waals surface area contributed by atoms with Crippen LogP contribution in [0.15, 0.2) is 74.7 Å². The zero-order valence-electron chi connectivity index (χ0n) is 17.4. The maximum Gasteiger partial charge on any atom is 0.289 e. The van der Waals surface area contributed by atoms with Crippen LogP contribution in [-0.4, -0.2) is 54.4 Å². The topological polar surface area (TPSA) is 105 Å². The fourth-order valence-corrected chi connectivity index (χ4v) is 3.37. The molecule has 1 saturated heterocycles. The van der Waals surface area contributed by atoms with Gasteiger partial charge in [0.2, 0.25) is 11.2 Å². The van der Waals surface area contributed by atoms with Crippen LogP contribution in [0, 0.1) is 0 Å². The Morgan fingerprint density at radius 2 is 1.78 bits per heavy atom. The fraction of sp³-hybridized carbons (Fsp3) is 0.261. The second-order valence-corrected chi connectivity index (χ2v) is 7.32. The van der Waals surface area contributed by atoms with Crippen molar-refractivity contribution in [1.82, 2.24) is 9.80 Å². The van der Waals surface area contributed by atoms with Gasteiger partial charge in [-0.05, 0) is 24.3 Å². The lowest BCUT2D eigenvalue weighted by Gasteiger charge is -2.33. The van der Waals surface area contributed by atoms with Crippen LogP contribution in [0.4, 0.5) is 5.69 Å². The van der Waals surface area contributed by atoms with Crippen LogP contribution in [0.5, 0.6) is 5.75 Å². The number of anilines is 1. The molecule has 3 aromatic rings. The van der Waals surface area contributed by atoms with Crippen LogP contribution in [0.25, 0.3) is 0 Å². The summed E-state index contributed by atoms with van der Waals surface area (Å²) in [7, 11) is 0. The van der Waals surface area contributed by atoms with E-state index in [0.29, 0.717) is 49.9 Å². The van der Waals surface area contributed by atoms with Gasteiger partial charge in [0, 0.05) is 37.9 Å². The molecule has 1 aliphatic heterocycles. The Labute approximate surface area is 184 Å². The van der Waals surface area contributed by atoms with Gasteiger partial charge >= 0.3 is 0 Å². The van der Waals surface area contributed by atoms with Crippen molar-refractivity contribution >= 4 is 17.5 Å². The van der Waals surface area contributed by atoms with E-state index in [1.807, 2.05) is 6.07 Å². The molecule has 0 radical (unpaired) electrons. The third-order valence-corrected chi connectivity index (χ3v) is 5.04. The van der Waals surface area contributed by atoms with Gasteiger partial charge in [-0.25, -0.2) is 0 Å². The van der Waals surface area contributed by atoms with Gasteiger partial charge in [0.15, 0.2) is 12.4 Å². The van der Waals surface area contributed by atoms with Gasteiger partial charge in [-0.1, -0.05) is 18.2 Å². The molecule has 0 saturated carbocycles. The number of carbonyl (C=O) groups is 2. The van der Waals surface area contributed by atoms with Crippen molar-refractivity contribution in [3.63, 3.8) is 0 Å². The summed E-state index contributed by atoms with van der Waals surface area (Å²) in [6.07, 6.45) is 2.71. The van der Waals surface area contributed by atoms with Crippen LogP contribution >= 0.6 is 0 Å². The highest BCUT2D eigenvalue weighted by Crippen LogP contribution is 2.13. The Kier molecular flexibility index (Phi) is 6.66. The zero-order chi connectivity index (χ0) is 22.3. The van der Waals surface area contributed by atoms with Crippen LogP contribution in [0.3, 0.4) is 0 Å². The fourth-order valence-electron chi connectivity index (χ4n) is 3.37. The van der Waals surface area contributed by atoms with Crippen molar-refractivity contribution < 1.29 is 23.2 Å². The molecule has 9 heteroatoms. The number of amides is 2. The van der Waals surface area contributed by atoms with E-state index in [0.717, 1.165) is 0 Å². The van der Waals surface area contributed by atoms with Gasteiger partial charge in [-0.15, -0.1) is 0 Å². The number of nitrogens with one attached hydrogen (secondary N) is 1. The molecule has 0 atom stereocenters. The van der Waals surface area contributed by atoms with Crippen molar-refractivity contribution in [2.24, 2.45) is 0 Å². The molecule has 9 nitrogen and oxygen atoms in total. The molecular formula is C23H23N3O6. The Bertz CT molecular complexity index is 1100. The molecule has 0 aliphatic carbocycles. The molecule has 1 aliphatic rings. The molecule has 1 fully saturated rings. The number of para-hydroxylation sites is 1. The van der Waals surface area contributed by atoms with Gasteiger partial charge in [0.25, 0.3) is 11.8 Å². The van der Waals surface area contributed by atoms with Crippen molar-refractivity contribution in [2.75, 3.05) is 38.1 Å². The Hall–Kier alpha value is -3.85. The Morgan fingerprint density at radius 1 is 1.00 bits per heavy atom. The molecule has 1 aromatic carbocycles. The van der Waals surface area contributed by atoms with Gasteiger partial charge in [0.1, 0.15) is 12.0 Å². The van der Waals surface area contributed by atoms with Crippen molar-refractivity contribution in [1.29, 1.82) is 0 Å². The molecule has 2 aromatic heterocycles. The number of piperazine rings is 1. The van der Waals surface area contributed by atoms with E-state index in [-0.39, 0.29) is 29.6 Å². The SMILES string of the molecule is O=C(COc1coc(CN2CCN(C(=O)c3ccco3)CC2)cc1=O)Nc1ccccc1.